The summed E-state index contributed by atoms with van der Waals surface area (Å²) in [6.45, 7) is 3.24. The molecule has 0 radical (unpaired) electrons. The molecule has 4 nitrogen and oxygen atoms in total. The number of carbonyl (C=O) groups excluding carboxylic acids is 1. The molecule has 1 aliphatic carbocycles. The third kappa shape index (κ3) is 4.07. The maximum Gasteiger partial charge on any atom is 0.233 e. The maximum absolute atomic E-state index is 11.2. The molecule has 14 heavy (non-hydrogen) atoms. The molecule has 0 saturated heterocycles. The number of hydrogen-bond acceptors (Lipinski definition) is 3. The van der Waals surface area contributed by atoms with Crippen molar-refractivity contribution in [3.05, 3.63) is 0 Å². The smallest absolute Gasteiger partial charge is 0.233 e. The van der Waals surface area contributed by atoms with Crippen LogP contribution in [0.3, 0.4) is 0 Å². The molecule has 0 spiro atoms. The monoisotopic (exact) mass is 200 g/mol. The molecule has 0 atom stereocenters. The van der Waals surface area contributed by atoms with Crippen LogP contribution in [0.1, 0.15) is 32.6 Å². The summed E-state index contributed by atoms with van der Waals surface area (Å²) in [4.78, 5) is 11.2. The first kappa shape index (κ1) is 11.5. The summed E-state index contributed by atoms with van der Waals surface area (Å²) in [6.07, 6.45) is 3.54. The van der Waals surface area contributed by atoms with Crippen LogP contribution in [0.5, 0.6) is 0 Å². The van der Waals surface area contributed by atoms with E-state index in [1.165, 1.54) is 0 Å². The van der Waals surface area contributed by atoms with Gasteiger partial charge in [0.15, 0.2) is 0 Å². The summed E-state index contributed by atoms with van der Waals surface area (Å²) < 4.78 is 0. The third-order valence-electron chi connectivity index (χ3n) is 2.52. The molecule has 82 valence electrons. The van der Waals surface area contributed by atoms with Crippen molar-refractivity contribution in [1.29, 1.82) is 0 Å². The Morgan fingerprint density at radius 2 is 2.21 bits per heavy atom. The lowest BCUT2D eigenvalue weighted by Gasteiger charge is -2.31. The number of unbranched alkanes of at least 4 members (excludes halogenated alkanes) is 1. The lowest BCUT2D eigenvalue weighted by molar-refractivity contribution is -0.120. The minimum absolute atomic E-state index is 0.0554. The zero-order valence-corrected chi connectivity index (χ0v) is 8.75. The summed E-state index contributed by atoms with van der Waals surface area (Å²) in [5.41, 5.74) is 0. The predicted octanol–water partition coefficient (Wildman–Crippen LogP) is 0.0156. The quantitative estimate of drug-likeness (QED) is 0.530. The molecule has 1 fully saturated rings. The molecule has 1 rings (SSSR count). The van der Waals surface area contributed by atoms with Crippen LogP contribution >= 0.6 is 0 Å². The number of aliphatic hydroxyl groups is 1. The summed E-state index contributed by atoms with van der Waals surface area (Å²) in [5, 5.41) is 15.0. The molecule has 0 aromatic heterocycles. The molecule has 0 aromatic carbocycles. The molecule has 0 aromatic rings. The van der Waals surface area contributed by atoms with Crippen LogP contribution in [0.25, 0.3) is 0 Å². The van der Waals surface area contributed by atoms with Crippen LogP contribution in [-0.4, -0.2) is 36.2 Å². The Kier molecular flexibility index (Phi) is 4.90. The Labute approximate surface area is 85.1 Å². The normalized spacial score (nSPS) is 25.6. The number of aliphatic hydroxyl groups excluding tert-OH is 1. The van der Waals surface area contributed by atoms with E-state index in [9.17, 15) is 4.79 Å². The van der Waals surface area contributed by atoms with E-state index in [0.717, 1.165) is 32.2 Å². The average molecular weight is 200 g/mol. The second-order valence-corrected chi connectivity index (χ2v) is 3.91. The first-order valence-electron chi connectivity index (χ1n) is 5.40. The maximum atomic E-state index is 11.2. The summed E-state index contributed by atoms with van der Waals surface area (Å²) >= 11 is 0. The van der Waals surface area contributed by atoms with E-state index in [2.05, 4.69) is 17.6 Å². The molecule has 4 heteroatoms. The van der Waals surface area contributed by atoms with Crippen LogP contribution in [0.15, 0.2) is 0 Å². The van der Waals surface area contributed by atoms with Gasteiger partial charge in [0.1, 0.15) is 0 Å². The highest BCUT2D eigenvalue weighted by molar-refractivity contribution is 5.77. The number of rotatable bonds is 6. The minimum atomic E-state index is -0.157. The van der Waals surface area contributed by atoms with Gasteiger partial charge >= 0.3 is 0 Å². The van der Waals surface area contributed by atoms with Gasteiger partial charge in [0.25, 0.3) is 0 Å². The van der Waals surface area contributed by atoms with Gasteiger partial charge in [-0.05, 0) is 19.3 Å². The second-order valence-electron chi connectivity index (χ2n) is 3.91. The summed E-state index contributed by atoms with van der Waals surface area (Å²) in [7, 11) is 0. The van der Waals surface area contributed by atoms with Crippen molar-refractivity contribution in [3.8, 4) is 0 Å². The van der Waals surface area contributed by atoms with E-state index in [1.807, 2.05) is 0 Å². The Morgan fingerprint density at radius 1 is 1.50 bits per heavy atom. The Morgan fingerprint density at radius 3 is 2.79 bits per heavy atom. The number of carbonyl (C=O) groups is 1. The Bertz CT molecular complexity index is 179. The topological polar surface area (TPSA) is 61.4 Å². The van der Waals surface area contributed by atoms with E-state index in [0.29, 0.717) is 12.6 Å². The van der Waals surface area contributed by atoms with Crippen molar-refractivity contribution in [2.45, 2.75) is 44.8 Å². The first-order valence-corrected chi connectivity index (χ1v) is 5.40. The molecule has 0 heterocycles. The highest BCUT2D eigenvalue weighted by Gasteiger charge is 2.26. The standard InChI is InChI=1S/C10H20N2O2/c1-2-3-4-11-10(14)7-12-8-5-9(13)6-8/h8-9,12-13H,2-7H2,1H3,(H,11,14). The van der Waals surface area contributed by atoms with Gasteiger partial charge in [0.05, 0.1) is 12.6 Å². The second kappa shape index (κ2) is 5.98. The largest absolute Gasteiger partial charge is 0.393 e. The van der Waals surface area contributed by atoms with Gasteiger partial charge in [-0.25, -0.2) is 0 Å². The van der Waals surface area contributed by atoms with E-state index in [4.69, 9.17) is 5.11 Å². The molecule has 3 N–H and O–H groups in total. The van der Waals surface area contributed by atoms with E-state index >= 15 is 0 Å². The zero-order valence-electron chi connectivity index (χ0n) is 8.75. The molecule has 0 unspecified atom stereocenters. The third-order valence-corrected chi connectivity index (χ3v) is 2.52. The van der Waals surface area contributed by atoms with Gasteiger partial charge in [-0.15, -0.1) is 0 Å². The molecule has 1 saturated carbocycles. The van der Waals surface area contributed by atoms with E-state index in [-0.39, 0.29) is 12.0 Å². The predicted molar refractivity (Wildman–Crippen MR) is 54.9 cm³/mol. The minimum Gasteiger partial charge on any atom is -0.393 e. The fourth-order valence-electron chi connectivity index (χ4n) is 1.46. The number of nitrogens with one attached hydrogen (secondary N) is 2. The molecular weight excluding hydrogens is 180 g/mol. The zero-order chi connectivity index (χ0) is 10.4. The van der Waals surface area contributed by atoms with Crippen molar-refractivity contribution >= 4 is 5.91 Å². The highest BCUT2D eigenvalue weighted by atomic mass is 16.3. The summed E-state index contributed by atoms with van der Waals surface area (Å²) in [5.74, 6) is 0.0554. The first-order chi connectivity index (χ1) is 6.72. The SMILES string of the molecule is CCCCNC(=O)CNC1CC(O)C1. The van der Waals surface area contributed by atoms with Crippen molar-refractivity contribution in [2.24, 2.45) is 0 Å². The molecule has 0 aliphatic heterocycles. The Balaban J connectivity index is 1.93. The summed E-state index contributed by atoms with van der Waals surface area (Å²) in [6, 6.07) is 0.335. The fourth-order valence-corrected chi connectivity index (χ4v) is 1.46. The molecule has 1 aliphatic rings. The van der Waals surface area contributed by atoms with Crippen molar-refractivity contribution in [3.63, 3.8) is 0 Å². The van der Waals surface area contributed by atoms with Crippen molar-refractivity contribution in [1.82, 2.24) is 10.6 Å². The van der Waals surface area contributed by atoms with E-state index in [1.54, 1.807) is 0 Å². The van der Waals surface area contributed by atoms with Gasteiger partial charge in [-0.3, -0.25) is 4.79 Å². The lowest BCUT2D eigenvalue weighted by atomic mass is 9.89. The van der Waals surface area contributed by atoms with E-state index < -0.39 is 0 Å². The van der Waals surface area contributed by atoms with Crippen molar-refractivity contribution in [2.75, 3.05) is 13.1 Å². The van der Waals surface area contributed by atoms with Crippen LogP contribution in [-0.2, 0) is 4.79 Å². The van der Waals surface area contributed by atoms with Gasteiger partial charge in [-0.1, -0.05) is 13.3 Å². The number of amides is 1. The Hall–Kier alpha value is -0.610. The van der Waals surface area contributed by atoms with Gasteiger partial charge in [0.2, 0.25) is 5.91 Å². The molecule has 0 bridgehead atoms. The van der Waals surface area contributed by atoms with Crippen LogP contribution in [0, 0.1) is 0 Å². The van der Waals surface area contributed by atoms with Crippen LogP contribution in [0.4, 0.5) is 0 Å². The van der Waals surface area contributed by atoms with Crippen molar-refractivity contribution < 1.29 is 9.90 Å². The highest BCUT2D eigenvalue weighted by Crippen LogP contribution is 2.18. The van der Waals surface area contributed by atoms with Gasteiger partial charge < -0.3 is 15.7 Å². The molecule has 1 amide bonds. The van der Waals surface area contributed by atoms with Gasteiger partial charge in [0, 0.05) is 12.6 Å². The lowest BCUT2D eigenvalue weighted by Crippen LogP contribution is -2.47. The van der Waals surface area contributed by atoms with Gasteiger partial charge in [-0.2, -0.15) is 0 Å². The molecular formula is C10H20N2O2. The van der Waals surface area contributed by atoms with Crippen LogP contribution < -0.4 is 10.6 Å². The number of hydrogen-bond donors (Lipinski definition) is 3. The average Bonchev–Trinajstić information content (AvgIpc) is 2.11. The fraction of sp³-hybridized carbons (Fsp3) is 0.900. The van der Waals surface area contributed by atoms with Crippen LogP contribution in [0.2, 0.25) is 0 Å².